The monoisotopic (exact) mass is 533 g/mol. The normalized spacial score (nSPS) is 25.7. The van der Waals surface area contributed by atoms with Gasteiger partial charge in [-0.05, 0) is 82.1 Å². The minimum atomic E-state index is -1.07. The average Bonchev–Trinajstić information content (AvgIpc) is 3.24. The van der Waals surface area contributed by atoms with Gasteiger partial charge in [0.15, 0.2) is 5.54 Å². The van der Waals surface area contributed by atoms with E-state index in [2.05, 4.69) is 31.0 Å². The first-order valence-electron chi connectivity index (χ1n) is 13.6. The fraction of sp³-hybridized carbons (Fsp3) is 0.690. The molecule has 2 aliphatic rings. The Morgan fingerprint density at radius 1 is 1.14 bits per heavy atom. The number of aliphatic imine (C=N–C) groups is 1. The van der Waals surface area contributed by atoms with Gasteiger partial charge in [-0.3, -0.25) is 9.79 Å². The Bertz CT molecular complexity index is 928. The molecule has 0 bridgehead atoms. The Kier molecular flexibility index (Phi) is 10.3. The summed E-state index contributed by atoms with van der Waals surface area (Å²) < 4.78 is 10.1. The molecule has 2 unspecified atom stereocenters. The van der Waals surface area contributed by atoms with Crippen molar-refractivity contribution in [3.8, 4) is 0 Å². The SMILES string of the molecule is CCCCN1C=NC(CCC(=O)OC)(C(=O)OC)C1CC1CCC(C(C)(C)Nc2ccc(Cl)cc2)CC1. The summed E-state index contributed by atoms with van der Waals surface area (Å²) in [6.07, 6.45) is 9.63. The largest absolute Gasteiger partial charge is 0.469 e. The number of esters is 2. The van der Waals surface area contributed by atoms with Gasteiger partial charge >= 0.3 is 11.9 Å². The molecule has 1 heterocycles. The van der Waals surface area contributed by atoms with Gasteiger partial charge in [0.2, 0.25) is 0 Å². The van der Waals surface area contributed by atoms with Gasteiger partial charge in [0, 0.05) is 29.2 Å². The van der Waals surface area contributed by atoms with Crippen molar-refractivity contribution in [1.29, 1.82) is 0 Å². The van der Waals surface area contributed by atoms with E-state index < -0.39 is 5.54 Å². The van der Waals surface area contributed by atoms with Crippen molar-refractivity contribution >= 4 is 35.6 Å². The van der Waals surface area contributed by atoms with Crippen LogP contribution in [0, 0.1) is 11.8 Å². The zero-order chi connectivity index (χ0) is 27.1. The van der Waals surface area contributed by atoms with E-state index in [-0.39, 0.29) is 29.9 Å². The highest BCUT2D eigenvalue weighted by Crippen LogP contribution is 2.42. The molecule has 1 aliphatic carbocycles. The molecule has 1 aliphatic heterocycles. The number of carbonyl (C=O) groups is 2. The van der Waals surface area contributed by atoms with Gasteiger partial charge in [-0.25, -0.2) is 4.79 Å². The Hall–Kier alpha value is -2.28. The van der Waals surface area contributed by atoms with Gasteiger partial charge in [0.05, 0.1) is 26.6 Å². The predicted molar refractivity (Wildman–Crippen MR) is 149 cm³/mol. The molecule has 1 aromatic carbocycles. The number of methoxy groups -OCH3 is 2. The molecule has 1 N–H and O–H groups in total. The van der Waals surface area contributed by atoms with Crippen LogP contribution in [0.2, 0.25) is 5.02 Å². The van der Waals surface area contributed by atoms with E-state index in [4.69, 9.17) is 26.1 Å². The van der Waals surface area contributed by atoms with Crippen molar-refractivity contribution in [3.05, 3.63) is 29.3 Å². The van der Waals surface area contributed by atoms with E-state index >= 15 is 0 Å². The molecular weight excluding hydrogens is 490 g/mol. The molecule has 3 rings (SSSR count). The maximum Gasteiger partial charge on any atom is 0.335 e. The zero-order valence-electron chi connectivity index (χ0n) is 23.1. The van der Waals surface area contributed by atoms with Crippen molar-refractivity contribution in [2.24, 2.45) is 16.8 Å². The first kappa shape index (κ1) is 29.3. The third kappa shape index (κ3) is 7.18. The second-order valence-electron chi connectivity index (χ2n) is 11.2. The quantitative estimate of drug-likeness (QED) is 0.327. The summed E-state index contributed by atoms with van der Waals surface area (Å²) in [6.45, 7) is 7.56. The Morgan fingerprint density at radius 2 is 1.81 bits per heavy atom. The highest BCUT2D eigenvalue weighted by molar-refractivity contribution is 6.30. The first-order valence-corrected chi connectivity index (χ1v) is 14.0. The summed E-state index contributed by atoms with van der Waals surface area (Å²) in [5.41, 5.74) is -0.0264. The number of hydrogen-bond acceptors (Lipinski definition) is 7. The van der Waals surface area contributed by atoms with Crippen LogP contribution in [0.3, 0.4) is 0 Å². The maximum atomic E-state index is 13.2. The number of unbranched alkanes of at least 4 members (excludes halogenated alkanes) is 1. The number of rotatable bonds is 12. The molecular formula is C29H44ClN3O4. The van der Waals surface area contributed by atoms with E-state index in [0.29, 0.717) is 18.3 Å². The fourth-order valence-electron chi connectivity index (χ4n) is 6.04. The van der Waals surface area contributed by atoms with E-state index in [0.717, 1.165) is 62.2 Å². The summed E-state index contributed by atoms with van der Waals surface area (Å²) in [6, 6.07) is 7.78. The summed E-state index contributed by atoms with van der Waals surface area (Å²) in [7, 11) is 2.78. The smallest absolute Gasteiger partial charge is 0.335 e. The van der Waals surface area contributed by atoms with Crippen molar-refractivity contribution < 1.29 is 19.1 Å². The van der Waals surface area contributed by atoms with Gasteiger partial charge in [-0.1, -0.05) is 37.8 Å². The van der Waals surface area contributed by atoms with Crippen molar-refractivity contribution in [2.45, 2.75) is 95.7 Å². The third-order valence-electron chi connectivity index (χ3n) is 8.37. The van der Waals surface area contributed by atoms with Crippen molar-refractivity contribution in [2.75, 3.05) is 26.1 Å². The van der Waals surface area contributed by atoms with Crippen LogP contribution in [-0.2, 0) is 19.1 Å². The van der Waals surface area contributed by atoms with Gasteiger partial charge < -0.3 is 19.7 Å². The lowest BCUT2D eigenvalue weighted by Crippen LogP contribution is -2.53. The first-order chi connectivity index (χ1) is 17.6. The fourth-order valence-corrected chi connectivity index (χ4v) is 6.16. The summed E-state index contributed by atoms with van der Waals surface area (Å²) in [4.78, 5) is 32.1. The number of carbonyl (C=O) groups excluding carboxylic acids is 2. The second-order valence-corrected chi connectivity index (χ2v) is 11.6. The average molecular weight is 534 g/mol. The molecule has 7 nitrogen and oxygen atoms in total. The molecule has 0 radical (unpaired) electrons. The van der Waals surface area contributed by atoms with Gasteiger partial charge in [0.1, 0.15) is 0 Å². The van der Waals surface area contributed by atoms with Crippen LogP contribution in [0.1, 0.15) is 78.6 Å². The number of ether oxygens (including phenoxy) is 2. The molecule has 2 atom stereocenters. The minimum absolute atomic E-state index is 0.0429. The molecule has 1 fully saturated rings. The Morgan fingerprint density at radius 3 is 2.41 bits per heavy atom. The minimum Gasteiger partial charge on any atom is -0.469 e. The highest BCUT2D eigenvalue weighted by atomic mass is 35.5. The van der Waals surface area contributed by atoms with Gasteiger partial charge in [-0.15, -0.1) is 0 Å². The van der Waals surface area contributed by atoms with E-state index in [1.54, 1.807) is 0 Å². The second kappa shape index (κ2) is 13.0. The lowest BCUT2D eigenvalue weighted by molar-refractivity contribution is -0.150. The number of anilines is 1. The van der Waals surface area contributed by atoms with E-state index in [1.807, 2.05) is 30.6 Å². The van der Waals surface area contributed by atoms with E-state index in [9.17, 15) is 9.59 Å². The standard InChI is InChI=1S/C29H44ClN3O4/c1-6-7-18-33-20-31-29(27(35)37-5,17-16-26(34)36-4)25(33)19-21-8-10-22(11-9-21)28(2,3)32-24-14-12-23(30)13-15-24/h12-15,20-22,25,32H,6-11,16-19H2,1-5H3. The van der Waals surface area contributed by atoms with Gasteiger partial charge in [-0.2, -0.15) is 0 Å². The van der Waals surface area contributed by atoms with Crippen LogP contribution in [0.5, 0.6) is 0 Å². The number of benzene rings is 1. The van der Waals surface area contributed by atoms with Crippen LogP contribution in [0.25, 0.3) is 0 Å². The van der Waals surface area contributed by atoms with E-state index in [1.165, 1.54) is 14.2 Å². The summed E-state index contributed by atoms with van der Waals surface area (Å²) >= 11 is 6.06. The molecule has 1 aromatic rings. The Balaban J connectivity index is 1.69. The molecule has 8 heteroatoms. The maximum absolute atomic E-state index is 13.2. The molecule has 0 aromatic heterocycles. The zero-order valence-corrected chi connectivity index (χ0v) is 23.9. The highest BCUT2D eigenvalue weighted by Gasteiger charge is 2.52. The molecule has 0 saturated heterocycles. The molecule has 0 spiro atoms. The van der Waals surface area contributed by atoms with Crippen LogP contribution >= 0.6 is 11.6 Å². The number of nitrogens with one attached hydrogen (secondary N) is 1. The van der Waals surface area contributed by atoms with Crippen LogP contribution in [0.15, 0.2) is 29.3 Å². The van der Waals surface area contributed by atoms with Crippen molar-refractivity contribution in [3.63, 3.8) is 0 Å². The molecule has 1 saturated carbocycles. The topological polar surface area (TPSA) is 80.2 Å². The summed E-state index contributed by atoms with van der Waals surface area (Å²) in [5.74, 6) is 0.333. The molecule has 206 valence electrons. The van der Waals surface area contributed by atoms with Crippen molar-refractivity contribution in [1.82, 2.24) is 4.90 Å². The van der Waals surface area contributed by atoms with Crippen LogP contribution in [-0.4, -0.2) is 61.1 Å². The predicted octanol–water partition coefficient (Wildman–Crippen LogP) is 6.10. The Labute approximate surface area is 227 Å². The molecule has 37 heavy (non-hydrogen) atoms. The number of halogens is 1. The third-order valence-corrected chi connectivity index (χ3v) is 8.62. The lowest BCUT2D eigenvalue weighted by Gasteiger charge is -2.43. The van der Waals surface area contributed by atoms with Gasteiger partial charge in [0.25, 0.3) is 0 Å². The van der Waals surface area contributed by atoms with Crippen LogP contribution < -0.4 is 5.32 Å². The van der Waals surface area contributed by atoms with Crippen LogP contribution in [0.4, 0.5) is 5.69 Å². The summed E-state index contributed by atoms with van der Waals surface area (Å²) in [5, 5.41) is 4.45. The number of hydrogen-bond donors (Lipinski definition) is 1. The number of nitrogens with zero attached hydrogens (tertiary/aromatic N) is 2. The lowest BCUT2D eigenvalue weighted by atomic mass is 9.70. The molecule has 0 amide bonds.